The number of rotatable bonds is 3. The van der Waals surface area contributed by atoms with Crippen molar-refractivity contribution in [2.45, 2.75) is 18.7 Å². The van der Waals surface area contributed by atoms with Crippen LogP contribution in [0.5, 0.6) is 5.75 Å². The minimum Gasteiger partial charge on any atom is -0.496 e. The van der Waals surface area contributed by atoms with E-state index in [2.05, 4.69) is 35.8 Å². The zero-order valence-corrected chi connectivity index (χ0v) is 13.6. The van der Waals surface area contributed by atoms with Crippen molar-refractivity contribution >= 4 is 38.9 Å². The van der Waals surface area contributed by atoms with E-state index in [1.807, 2.05) is 18.2 Å². The van der Waals surface area contributed by atoms with Crippen LogP contribution in [0.2, 0.25) is 5.02 Å². The van der Waals surface area contributed by atoms with Crippen LogP contribution in [0.4, 0.5) is 0 Å². The van der Waals surface area contributed by atoms with Gasteiger partial charge in [0.15, 0.2) is 0 Å². The number of hydrogen-bond acceptors (Lipinski definition) is 2. The van der Waals surface area contributed by atoms with Gasteiger partial charge in [0.2, 0.25) is 0 Å². The van der Waals surface area contributed by atoms with Gasteiger partial charge in [-0.1, -0.05) is 27.5 Å². The quantitative estimate of drug-likeness (QED) is 0.666. The molecular formula is C14H14BrClOS. The normalized spacial score (nSPS) is 12.5. The number of alkyl halides is 1. The number of hydrogen-bond donors (Lipinski definition) is 0. The highest BCUT2D eigenvalue weighted by Gasteiger charge is 2.19. The van der Waals surface area contributed by atoms with Crippen LogP contribution >= 0.6 is 38.9 Å². The monoisotopic (exact) mass is 344 g/mol. The van der Waals surface area contributed by atoms with Gasteiger partial charge in [-0.15, -0.1) is 11.3 Å². The average molecular weight is 346 g/mol. The summed E-state index contributed by atoms with van der Waals surface area (Å²) < 4.78 is 5.41. The Morgan fingerprint density at radius 1 is 1.28 bits per heavy atom. The van der Waals surface area contributed by atoms with Crippen molar-refractivity contribution in [3.05, 3.63) is 50.2 Å². The van der Waals surface area contributed by atoms with E-state index >= 15 is 0 Å². The van der Waals surface area contributed by atoms with Crippen LogP contribution in [0.1, 0.15) is 25.7 Å². The highest BCUT2D eigenvalue weighted by Crippen LogP contribution is 2.42. The lowest BCUT2D eigenvalue weighted by Gasteiger charge is -2.14. The summed E-state index contributed by atoms with van der Waals surface area (Å²) in [5.41, 5.74) is 2.36. The van der Waals surface area contributed by atoms with Crippen molar-refractivity contribution in [3.8, 4) is 5.75 Å². The Labute approximate surface area is 125 Å². The van der Waals surface area contributed by atoms with Crippen molar-refractivity contribution in [2.24, 2.45) is 0 Å². The Morgan fingerprint density at radius 2 is 2.00 bits per heavy atom. The number of methoxy groups -OCH3 is 1. The van der Waals surface area contributed by atoms with Crippen molar-refractivity contribution in [3.63, 3.8) is 0 Å². The van der Waals surface area contributed by atoms with E-state index in [1.54, 1.807) is 18.4 Å². The fourth-order valence-corrected chi connectivity index (χ4v) is 4.17. The smallest absolute Gasteiger partial charge is 0.123 e. The van der Waals surface area contributed by atoms with E-state index in [4.69, 9.17) is 16.3 Å². The van der Waals surface area contributed by atoms with Crippen LogP contribution in [0.25, 0.3) is 0 Å². The van der Waals surface area contributed by atoms with Crippen molar-refractivity contribution in [2.75, 3.05) is 7.11 Å². The van der Waals surface area contributed by atoms with Gasteiger partial charge >= 0.3 is 0 Å². The van der Waals surface area contributed by atoms with E-state index in [0.29, 0.717) is 0 Å². The molecule has 1 aromatic heterocycles. The van der Waals surface area contributed by atoms with E-state index in [0.717, 1.165) is 16.3 Å². The van der Waals surface area contributed by atoms with Gasteiger partial charge < -0.3 is 4.74 Å². The number of ether oxygens (including phenoxy) is 1. The second kappa shape index (κ2) is 5.64. The second-order valence-electron chi connectivity index (χ2n) is 4.15. The SMILES string of the molecule is COc1ccc(Cl)cc1C(Br)c1sc(C)cc1C. The maximum absolute atomic E-state index is 6.08. The summed E-state index contributed by atoms with van der Waals surface area (Å²) in [5.74, 6) is 0.853. The molecule has 1 nitrogen and oxygen atoms in total. The molecule has 0 saturated heterocycles. The van der Waals surface area contributed by atoms with Gasteiger partial charge in [-0.25, -0.2) is 0 Å². The molecule has 0 spiro atoms. The van der Waals surface area contributed by atoms with Crippen LogP contribution in [0.3, 0.4) is 0 Å². The molecule has 1 atom stereocenters. The lowest BCUT2D eigenvalue weighted by molar-refractivity contribution is 0.410. The molecular weight excluding hydrogens is 332 g/mol. The van der Waals surface area contributed by atoms with E-state index in [1.165, 1.54) is 15.3 Å². The number of thiophene rings is 1. The molecule has 1 unspecified atom stereocenters. The molecule has 0 saturated carbocycles. The third-order valence-electron chi connectivity index (χ3n) is 2.77. The van der Waals surface area contributed by atoms with Crippen LogP contribution in [-0.2, 0) is 0 Å². The lowest BCUT2D eigenvalue weighted by atomic mass is 10.1. The zero-order valence-electron chi connectivity index (χ0n) is 10.5. The number of benzene rings is 1. The Morgan fingerprint density at radius 3 is 2.56 bits per heavy atom. The van der Waals surface area contributed by atoms with Crippen LogP contribution in [0.15, 0.2) is 24.3 Å². The molecule has 18 heavy (non-hydrogen) atoms. The molecule has 0 amide bonds. The average Bonchev–Trinajstić information content (AvgIpc) is 2.67. The Balaban J connectivity index is 2.48. The zero-order chi connectivity index (χ0) is 13.3. The molecule has 0 bridgehead atoms. The van der Waals surface area contributed by atoms with Crippen molar-refractivity contribution in [1.82, 2.24) is 0 Å². The van der Waals surface area contributed by atoms with Gasteiger partial charge in [0.1, 0.15) is 5.75 Å². The minimum absolute atomic E-state index is 0.116. The molecule has 96 valence electrons. The predicted molar refractivity (Wildman–Crippen MR) is 82.6 cm³/mol. The molecule has 2 aromatic rings. The molecule has 4 heteroatoms. The fraction of sp³-hybridized carbons (Fsp3) is 0.286. The molecule has 0 radical (unpaired) electrons. The molecule has 0 fully saturated rings. The van der Waals surface area contributed by atoms with E-state index in [9.17, 15) is 0 Å². The first-order valence-electron chi connectivity index (χ1n) is 5.57. The summed E-state index contributed by atoms with van der Waals surface area (Å²) in [4.78, 5) is 2.73. The summed E-state index contributed by atoms with van der Waals surface area (Å²) >= 11 is 11.6. The third-order valence-corrected chi connectivity index (χ3v) is 5.48. The van der Waals surface area contributed by atoms with Crippen molar-refractivity contribution < 1.29 is 4.74 Å². The van der Waals surface area contributed by atoms with Gasteiger partial charge in [-0.3, -0.25) is 0 Å². The number of halogens is 2. The summed E-state index contributed by atoms with van der Waals surface area (Å²) in [6, 6.07) is 7.90. The first kappa shape index (κ1) is 13.9. The van der Waals surface area contributed by atoms with Gasteiger partial charge in [0.25, 0.3) is 0 Å². The third kappa shape index (κ3) is 2.73. The van der Waals surface area contributed by atoms with Gasteiger partial charge in [-0.2, -0.15) is 0 Å². The highest BCUT2D eigenvalue weighted by atomic mass is 79.9. The molecule has 2 rings (SSSR count). The lowest BCUT2D eigenvalue weighted by Crippen LogP contribution is -1.96. The highest BCUT2D eigenvalue weighted by molar-refractivity contribution is 9.09. The molecule has 0 aliphatic rings. The molecule has 0 aliphatic carbocycles. The minimum atomic E-state index is 0.116. The Kier molecular flexibility index (Phi) is 4.36. The van der Waals surface area contributed by atoms with Gasteiger partial charge in [0, 0.05) is 20.3 Å². The molecule has 1 heterocycles. The Bertz CT molecular complexity index is 565. The molecule has 0 aliphatic heterocycles. The standard InChI is InChI=1S/C14H14BrClOS/c1-8-6-9(2)18-14(8)13(15)11-7-10(16)4-5-12(11)17-3/h4-7,13H,1-3H3. The largest absolute Gasteiger partial charge is 0.496 e. The molecule has 0 N–H and O–H groups in total. The first-order valence-corrected chi connectivity index (χ1v) is 7.68. The molecule has 1 aromatic carbocycles. The summed E-state index contributed by atoms with van der Waals surface area (Å²) in [6.07, 6.45) is 0. The summed E-state index contributed by atoms with van der Waals surface area (Å²) in [7, 11) is 1.68. The van der Waals surface area contributed by atoms with Crippen molar-refractivity contribution in [1.29, 1.82) is 0 Å². The van der Waals surface area contributed by atoms with Gasteiger partial charge in [0.05, 0.1) is 11.9 Å². The topological polar surface area (TPSA) is 9.23 Å². The van der Waals surface area contributed by atoms with E-state index < -0.39 is 0 Å². The summed E-state index contributed by atoms with van der Waals surface area (Å²) in [6.45, 7) is 4.25. The predicted octanol–water partition coefficient (Wildman–Crippen LogP) is 5.51. The van der Waals surface area contributed by atoms with E-state index in [-0.39, 0.29) is 4.83 Å². The van der Waals surface area contributed by atoms with Crippen LogP contribution in [-0.4, -0.2) is 7.11 Å². The summed E-state index contributed by atoms with van der Waals surface area (Å²) in [5, 5.41) is 0.723. The number of aryl methyl sites for hydroxylation is 2. The fourth-order valence-electron chi connectivity index (χ4n) is 1.96. The van der Waals surface area contributed by atoms with Crippen LogP contribution < -0.4 is 4.74 Å². The maximum Gasteiger partial charge on any atom is 0.123 e. The van der Waals surface area contributed by atoms with Gasteiger partial charge in [-0.05, 0) is 43.7 Å². The first-order chi connectivity index (χ1) is 8.52. The Hall–Kier alpha value is -0.510. The second-order valence-corrected chi connectivity index (χ2v) is 6.79. The van der Waals surface area contributed by atoms with Crippen LogP contribution in [0, 0.1) is 13.8 Å². The maximum atomic E-state index is 6.08.